The first-order valence-electron chi connectivity index (χ1n) is 5.49. The first-order valence-corrected chi connectivity index (χ1v) is 5.49. The number of rotatable bonds is 2. The molecule has 0 heterocycles. The van der Waals surface area contributed by atoms with Gasteiger partial charge in [-0.2, -0.15) is 0 Å². The van der Waals surface area contributed by atoms with Gasteiger partial charge in [-0.25, -0.2) is 4.79 Å². The number of carboxylic acid groups (broad SMARTS) is 1. The van der Waals surface area contributed by atoms with Gasteiger partial charge in [0, 0.05) is 17.1 Å². The molecule has 1 aromatic carbocycles. The van der Waals surface area contributed by atoms with E-state index in [9.17, 15) is 9.59 Å². The summed E-state index contributed by atoms with van der Waals surface area (Å²) in [5.41, 5.74) is 2.25. The van der Waals surface area contributed by atoms with Crippen molar-refractivity contribution in [1.82, 2.24) is 0 Å². The van der Waals surface area contributed by atoms with Crippen molar-refractivity contribution in [2.45, 2.75) is 20.3 Å². The summed E-state index contributed by atoms with van der Waals surface area (Å²) in [6.45, 7) is 3.87. The highest BCUT2D eigenvalue weighted by molar-refractivity contribution is 6.04. The SMILES string of the molecule is CC1(C)Cc2cc(C=CC(=O)O)ccc2C1=O. The lowest BCUT2D eigenvalue weighted by molar-refractivity contribution is -0.131. The molecule has 0 saturated carbocycles. The van der Waals surface area contributed by atoms with Gasteiger partial charge >= 0.3 is 5.97 Å². The lowest BCUT2D eigenvalue weighted by Crippen LogP contribution is -2.18. The molecule has 17 heavy (non-hydrogen) atoms. The Balaban J connectivity index is 2.36. The molecule has 0 fully saturated rings. The molecule has 3 heteroatoms. The molecule has 0 bridgehead atoms. The topological polar surface area (TPSA) is 54.4 Å². The number of Topliss-reactive ketones (excluding diaryl/α,β-unsaturated/α-hetero) is 1. The number of ketones is 1. The minimum atomic E-state index is -0.970. The van der Waals surface area contributed by atoms with Crippen LogP contribution in [-0.2, 0) is 11.2 Å². The summed E-state index contributed by atoms with van der Waals surface area (Å²) in [5, 5.41) is 8.55. The van der Waals surface area contributed by atoms with E-state index < -0.39 is 5.97 Å². The minimum Gasteiger partial charge on any atom is -0.478 e. The molecule has 0 unspecified atom stereocenters. The first kappa shape index (κ1) is 11.6. The molecule has 0 aliphatic heterocycles. The highest BCUT2D eigenvalue weighted by Crippen LogP contribution is 2.36. The standard InChI is InChI=1S/C14H14O3/c1-14(2)8-10-7-9(4-6-12(15)16)3-5-11(10)13(14)17/h3-7H,8H2,1-2H3,(H,15,16). The van der Waals surface area contributed by atoms with E-state index in [-0.39, 0.29) is 11.2 Å². The van der Waals surface area contributed by atoms with Crippen LogP contribution in [0.2, 0.25) is 0 Å². The van der Waals surface area contributed by atoms with Gasteiger partial charge in [0.1, 0.15) is 0 Å². The molecule has 1 N–H and O–H groups in total. The van der Waals surface area contributed by atoms with Crippen LogP contribution < -0.4 is 0 Å². The van der Waals surface area contributed by atoms with Crippen LogP contribution in [-0.4, -0.2) is 16.9 Å². The summed E-state index contributed by atoms with van der Waals surface area (Å²) in [7, 11) is 0. The maximum atomic E-state index is 12.0. The highest BCUT2D eigenvalue weighted by atomic mass is 16.4. The van der Waals surface area contributed by atoms with Gasteiger partial charge in [0.15, 0.2) is 5.78 Å². The average Bonchev–Trinajstić information content (AvgIpc) is 2.46. The second kappa shape index (κ2) is 3.84. The van der Waals surface area contributed by atoms with E-state index in [1.54, 1.807) is 18.2 Å². The lowest BCUT2D eigenvalue weighted by Gasteiger charge is -2.12. The van der Waals surface area contributed by atoms with Gasteiger partial charge in [0.2, 0.25) is 0 Å². The molecule has 88 valence electrons. The van der Waals surface area contributed by atoms with Crippen LogP contribution in [0.3, 0.4) is 0 Å². The Morgan fingerprint density at radius 1 is 1.41 bits per heavy atom. The molecule has 0 aromatic heterocycles. The van der Waals surface area contributed by atoms with Gasteiger partial charge in [0.05, 0.1) is 0 Å². The quantitative estimate of drug-likeness (QED) is 0.794. The van der Waals surface area contributed by atoms with Crippen LogP contribution in [0.5, 0.6) is 0 Å². The Morgan fingerprint density at radius 3 is 2.76 bits per heavy atom. The van der Waals surface area contributed by atoms with E-state index in [4.69, 9.17) is 5.11 Å². The predicted molar refractivity (Wildman–Crippen MR) is 64.9 cm³/mol. The Kier molecular flexibility index (Phi) is 2.62. The van der Waals surface area contributed by atoms with Crippen molar-refractivity contribution in [3.8, 4) is 0 Å². The molecule has 1 aliphatic carbocycles. The van der Waals surface area contributed by atoms with Crippen molar-refractivity contribution in [1.29, 1.82) is 0 Å². The van der Waals surface area contributed by atoms with Gasteiger partial charge in [-0.3, -0.25) is 4.79 Å². The normalized spacial score (nSPS) is 17.4. The van der Waals surface area contributed by atoms with Crippen molar-refractivity contribution in [2.24, 2.45) is 5.41 Å². The summed E-state index contributed by atoms with van der Waals surface area (Å²) in [6, 6.07) is 5.45. The highest BCUT2D eigenvalue weighted by Gasteiger charge is 2.37. The summed E-state index contributed by atoms with van der Waals surface area (Å²) >= 11 is 0. The molecular weight excluding hydrogens is 216 g/mol. The van der Waals surface area contributed by atoms with E-state index in [1.807, 2.05) is 19.9 Å². The van der Waals surface area contributed by atoms with Gasteiger partial charge in [-0.05, 0) is 23.6 Å². The molecule has 2 rings (SSSR count). The molecule has 1 aliphatic rings. The van der Waals surface area contributed by atoms with E-state index in [0.717, 1.165) is 29.2 Å². The third-order valence-electron chi connectivity index (χ3n) is 3.04. The maximum Gasteiger partial charge on any atom is 0.328 e. The molecule has 0 spiro atoms. The molecule has 1 aromatic rings. The van der Waals surface area contributed by atoms with Crippen molar-refractivity contribution < 1.29 is 14.7 Å². The molecule has 0 atom stereocenters. The lowest BCUT2D eigenvalue weighted by atomic mass is 9.89. The summed E-state index contributed by atoms with van der Waals surface area (Å²) < 4.78 is 0. The predicted octanol–water partition coefficient (Wildman–Crippen LogP) is 2.55. The van der Waals surface area contributed by atoms with Crippen LogP contribution in [0.1, 0.15) is 35.3 Å². The summed E-state index contributed by atoms with van der Waals surface area (Å²) in [5.74, 6) is -0.803. The zero-order chi connectivity index (χ0) is 12.6. The largest absolute Gasteiger partial charge is 0.478 e. The Labute approximate surface area is 99.8 Å². The average molecular weight is 230 g/mol. The third-order valence-corrected chi connectivity index (χ3v) is 3.04. The fourth-order valence-corrected chi connectivity index (χ4v) is 2.17. The van der Waals surface area contributed by atoms with Crippen LogP contribution in [0, 0.1) is 5.41 Å². The Hall–Kier alpha value is -1.90. The summed E-state index contributed by atoms with van der Waals surface area (Å²) in [4.78, 5) is 22.4. The number of hydrogen-bond acceptors (Lipinski definition) is 2. The van der Waals surface area contributed by atoms with Crippen molar-refractivity contribution in [3.05, 3.63) is 41.0 Å². The fourth-order valence-electron chi connectivity index (χ4n) is 2.17. The van der Waals surface area contributed by atoms with Gasteiger partial charge < -0.3 is 5.11 Å². The van der Waals surface area contributed by atoms with Crippen molar-refractivity contribution in [2.75, 3.05) is 0 Å². The van der Waals surface area contributed by atoms with E-state index in [2.05, 4.69) is 0 Å². The Morgan fingerprint density at radius 2 is 2.12 bits per heavy atom. The summed E-state index contributed by atoms with van der Waals surface area (Å²) in [6.07, 6.45) is 3.36. The monoisotopic (exact) mass is 230 g/mol. The minimum absolute atomic E-state index is 0.168. The van der Waals surface area contributed by atoms with Crippen molar-refractivity contribution in [3.63, 3.8) is 0 Å². The second-order valence-electron chi connectivity index (χ2n) is 4.98. The fraction of sp³-hybridized carbons (Fsp3) is 0.286. The number of carbonyl (C=O) groups excluding carboxylic acids is 1. The van der Waals surface area contributed by atoms with Crippen LogP contribution in [0.15, 0.2) is 24.3 Å². The van der Waals surface area contributed by atoms with E-state index in [0.29, 0.717) is 0 Å². The number of carbonyl (C=O) groups is 2. The third kappa shape index (κ3) is 2.13. The van der Waals surface area contributed by atoms with Crippen LogP contribution in [0.25, 0.3) is 6.08 Å². The van der Waals surface area contributed by atoms with E-state index >= 15 is 0 Å². The van der Waals surface area contributed by atoms with Gasteiger partial charge in [-0.15, -0.1) is 0 Å². The number of benzene rings is 1. The molecule has 0 radical (unpaired) electrons. The number of carboxylic acids is 1. The Bertz CT molecular complexity index is 524. The smallest absolute Gasteiger partial charge is 0.328 e. The van der Waals surface area contributed by atoms with E-state index in [1.165, 1.54) is 0 Å². The molecular formula is C14H14O3. The van der Waals surface area contributed by atoms with Crippen LogP contribution in [0.4, 0.5) is 0 Å². The van der Waals surface area contributed by atoms with Gasteiger partial charge in [0.25, 0.3) is 0 Å². The number of hydrogen-bond donors (Lipinski definition) is 1. The van der Waals surface area contributed by atoms with Crippen molar-refractivity contribution >= 4 is 17.8 Å². The molecule has 0 amide bonds. The van der Waals surface area contributed by atoms with Crippen LogP contribution >= 0.6 is 0 Å². The van der Waals surface area contributed by atoms with Gasteiger partial charge in [-0.1, -0.05) is 32.0 Å². The zero-order valence-electron chi connectivity index (χ0n) is 9.86. The number of aliphatic carboxylic acids is 1. The molecule has 0 saturated heterocycles. The zero-order valence-corrected chi connectivity index (χ0v) is 9.86. The molecule has 3 nitrogen and oxygen atoms in total. The number of fused-ring (bicyclic) bond motifs is 1. The first-order chi connectivity index (χ1) is 7.90. The second-order valence-corrected chi connectivity index (χ2v) is 4.98. The maximum absolute atomic E-state index is 12.0.